The first-order chi connectivity index (χ1) is 10.3. The van der Waals surface area contributed by atoms with Crippen LogP contribution < -0.4 is 0 Å². The van der Waals surface area contributed by atoms with Gasteiger partial charge in [-0.05, 0) is 29.6 Å². The Hall–Kier alpha value is -2.02. The summed E-state index contributed by atoms with van der Waals surface area (Å²) in [6, 6.07) is 7.45. The molecule has 6 nitrogen and oxygen atoms in total. The second-order valence-electron chi connectivity index (χ2n) is 5.18. The van der Waals surface area contributed by atoms with Gasteiger partial charge in [0, 0.05) is 18.3 Å². The van der Waals surface area contributed by atoms with E-state index in [0.717, 1.165) is 10.0 Å². The first-order valence-electron chi connectivity index (χ1n) is 6.60. The van der Waals surface area contributed by atoms with E-state index in [1.165, 1.54) is 13.8 Å². The van der Waals surface area contributed by atoms with Crippen LogP contribution in [0.2, 0.25) is 0 Å². The highest BCUT2D eigenvalue weighted by atomic mass is 79.9. The quantitative estimate of drug-likeness (QED) is 0.353. The van der Waals surface area contributed by atoms with Crippen molar-refractivity contribution in [3.63, 3.8) is 0 Å². The summed E-state index contributed by atoms with van der Waals surface area (Å²) in [4.78, 5) is 34.8. The minimum Gasteiger partial charge on any atom is -0.419 e. The van der Waals surface area contributed by atoms with Crippen molar-refractivity contribution >= 4 is 27.9 Å². The number of allylic oxidation sites excluding steroid dienone is 1. The molecule has 1 aliphatic rings. The van der Waals surface area contributed by atoms with Gasteiger partial charge < -0.3 is 9.47 Å². The van der Waals surface area contributed by atoms with E-state index in [9.17, 15) is 14.5 Å². The van der Waals surface area contributed by atoms with Crippen LogP contribution in [0.5, 0.6) is 0 Å². The van der Waals surface area contributed by atoms with E-state index in [1.807, 2.05) is 24.3 Å². The van der Waals surface area contributed by atoms with Crippen molar-refractivity contribution in [1.82, 2.24) is 0 Å². The van der Waals surface area contributed by atoms with Gasteiger partial charge in [-0.3, -0.25) is 0 Å². The molecule has 2 rings (SSSR count). The molecule has 1 aliphatic heterocycles. The number of carbonyl (C=O) groups excluding carboxylic acids is 2. The molecule has 1 heterocycles. The molecule has 0 bridgehead atoms. The first kappa shape index (κ1) is 16.4. The van der Waals surface area contributed by atoms with Crippen LogP contribution in [0.3, 0.4) is 0 Å². The Morgan fingerprint density at radius 1 is 1.18 bits per heavy atom. The van der Waals surface area contributed by atoms with Gasteiger partial charge in [-0.15, -0.1) is 4.91 Å². The summed E-state index contributed by atoms with van der Waals surface area (Å²) in [6.45, 7) is 2.88. The number of carbonyl (C=O) groups is 2. The molecule has 1 aromatic rings. The zero-order valence-corrected chi connectivity index (χ0v) is 13.7. The lowest BCUT2D eigenvalue weighted by atomic mass is 10.0. The fraction of sp³-hybridized carbons (Fsp3) is 0.333. The molecule has 0 atom stereocenters. The Kier molecular flexibility index (Phi) is 4.75. The summed E-state index contributed by atoms with van der Waals surface area (Å²) in [6.07, 6.45) is 0.571. The number of hydrogen-bond donors (Lipinski definition) is 0. The van der Waals surface area contributed by atoms with Crippen molar-refractivity contribution < 1.29 is 19.1 Å². The summed E-state index contributed by atoms with van der Waals surface area (Å²) in [5.74, 6) is -3.11. The number of nitrogens with zero attached hydrogens (tertiary/aromatic N) is 1. The summed E-state index contributed by atoms with van der Waals surface area (Å²) < 4.78 is 10.8. The first-order valence-corrected chi connectivity index (χ1v) is 7.40. The minimum atomic E-state index is -1.34. The average molecular weight is 368 g/mol. The molecule has 0 aliphatic carbocycles. The normalized spacial score (nSPS) is 16.8. The van der Waals surface area contributed by atoms with Crippen molar-refractivity contribution in [3.05, 3.63) is 50.5 Å². The number of benzene rings is 1. The predicted octanol–water partition coefficient (Wildman–Crippen LogP) is 3.24. The third-order valence-electron chi connectivity index (χ3n) is 3.07. The third-order valence-corrected chi connectivity index (χ3v) is 3.85. The van der Waals surface area contributed by atoms with E-state index in [1.54, 1.807) is 0 Å². The molecule has 22 heavy (non-hydrogen) atoms. The summed E-state index contributed by atoms with van der Waals surface area (Å²) in [7, 11) is 0. The van der Waals surface area contributed by atoms with Gasteiger partial charge in [-0.1, -0.05) is 34.1 Å². The molecular formula is C15H14BrNO5. The molecule has 0 unspecified atom stereocenters. The summed E-state index contributed by atoms with van der Waals surface area (Å²) >= 11 is 3.39. The van der Waals surface area contributed by atoms with E-state index in [4.69, 9.17) is 9.47 Å². The lowest BCUT2D eigenvalue weighted by molar-refractivity contribution is -0.222. The van der Waals surface area contributed by atoms with Gasteiger partial charge in [0.1, 0.15) is 5.70 Å². The van der Waals surface area contributed by atoms with Crippen LogP contribution in [0.25, 0.3) is 0 Å². The molecule has 116 valence electrons. The molecular weight excluding hydrogens is 354 g/mol. The van der Waals surface area contributed by atoms with Crippen LogP contribution in [0.1, 0.15) is 25.8 Å². The molecule has 0 saturated carbocycles. The van der Waals surface area contributed by atoms with E-state index in [0.29, 0.717) is 6.42 Å². The van der Waals surface area contributed by atoms with Crippen molar-refractivity contribution in [1.29, 1.82) is 0 Å². The highest BCUT2D eigenvalue weighted by Crippen LogP contribution is 2.27. The zero-order valence-electron chi connectivity index (χ0n) is 12.1. The lowest BCUT2D eigenvalue weighted by Gasteiger charge is -2.30. The van der Waals surface area contributed by atoms with Gasteiger partial charge in [0.15, 0.2) is 5.57 Å². The number of hydrogen-bond acceptors (Lipinski definition) is 6. The predicted molar refractivity (Wildman–Crippen MR) is 81.5 cm³/mol. The zero-order chi connectivity index (χ0) is 16.3. The highest BCUT2D eigenvalue weighted by molar-refractivity contribution is 9.10. The summed E-state index contributed by atoms with van der Waals surface area (Å²) in [5, 5.41) is 2.82. The maximum Gasteiger partial charge on any atom is 0.350 e. The van der Waals surface area contributed by atoms with Crippen LogP contribution in [-0.4, -0.2) is 17.7 Å². The second kappa shape index (κ2) is 6.39. The van der Waals surface area contributed by atoms with E-state index < -0.39 is 23.3 Å². The van der Waals surface area contributed by atoms with Crippen LogP contribution in [0, 0.1) is 4.91 Å². The second-order valence-corrected chi connectivity index (χ2v) is 6.04. The standard InChI is InChI=1S/C15H14BrNO5/c1-15(2)21-13(18)12(14(19)22-15)11(17-20)8-7-9-5-3-4-6-10(9)16/h3-6H,7-8H2,1-2H3. The molecule has 0 amide bonds. The van der Waals surface area contributed by atoms with E-state index in [2.05, 4.69) is 21.1 Å². The highest BCUT2D eigenvalue weighted by Gasteiger charge is 2.41. The summed E-state index contributed by atoms with van der Waals surface area (Å²) in [5.41, 5.74) is 0.338. The molecule has 0 radical (unpaired) electrons. The fourth-order valence-corrected chi connectivity index (χ4v) is 2.54. The minimum absolute atomic E-state index is 0.131. The molecule has 1 fully saturated rings. The maximum atomic E-state index is 11.9. The van der Waals surface area contributed by atoms with E-state index >= 15 is 0 Å². The Balaban J connectivity index is 2.23. The SMILES string of the molecule is CC1(C)OC(=O)C(=C(CCc2ccccc2Br)N=O)C(=O)O1. The van der Waals surface area contributed by atoms with Gasteiger partial charge in [0.05, 0.1) is 0 Å². The Morgan fingerprint density at radius 3 is 2.32 bits per heavy atom. The molecule has 1 aromatic carbocycles. The fourth-order valence-electron chi connectivity index (χ4n) is 2.06. The van der Waals surface area contributed by atoms with Crippen molar-refractivity contribution in [2.45, 2.75) is 32.5 Å². The Bertz CT molecular complexity index is 644. The smallest absolute Gasteiger partial charge is 0.350 e. The van der Waals surface area contributed by atoms with Gasteiger partial charge in [-0.25, -0.2) is 9.59 Å². The van der Waals surface area contributed by atoms with Crippen molar-refractivity contribution in [2.24, 2.45) is 5.18 Å². The molecule has 0 aromatic heterocycles. The van der Waals surface area contributed by atoms with Gasteiger partial charge >= 0.3 is 11.9 Å². The number of aryl methyl sites for hydroxylation is 1. The Morgan fingerprint density at radius 2 is 1.77 bits per heavy atom. The van der Waals surface area contributed by atoms with Crippen LogP contribution in [0.15, 0.2) is 45.2 Å². The third kappa shape index (κ3) is 3.59. The number of halogens is 1. The average Bonchev–Trinajstić information content (AvgIpc) is 2.42. The van der Waals surface area contributed by atoms with Gasteiger partial charge in [0.25, 0.3) is 5.79 Å². The largest absolute Gasteiger partial charge is 0.419 e. The molecule has 7 heteroatoms. The number of nitroso groups, excluding NO2 is 1. The number of cyclic esters (lactones) is 2. The van der Waals surface area contributed by atoms with Crippen molar-refractivity contribution in [2.75, 3.05) is 0 Å². The topological polar surface area (TPSA) is 82.0 Å². The molecule has 0 N–H and O–H groups in total. The monoisotopic (exact) mass is 367 g/mol. The van der Waals surface area contributed by atoms with Gasteiger partial charge in [-0.2, -0.15) is 0 Å². The Labute approximate surface area is 135 Å². The lowest BCUT2D eigenvalue weighted by Crippen LogP contribution is -2.42. The van der Waals surface area contributed by atoms with Crippen molar-refractivity contribution in [3.8, 4) is 0 Å². The van der Waals surface area contributed by atoms with Crippen LogP contribution in [0.4, 0.5) is 0 Å². The number of rotatable bonds is 4. The molecule has 0 spiro atoms. The number of ether oxygens (including phenoxy) is 2. The van der Waals surface area contributed by atoms with E-state index in [-0.39, 0.29) is 12.1 Å². The molecule has 1 saturated heterocycles. The van der Waals surface area contributed by atoms with Crippen LogP contribution in [-0.2, 0) is 25.5 Å². The van der Waals surface area contributed by atoms with Crippen LogP contribution >= 0.6 is 15.9 Å². The van der Waals surface area contributed by atoms with Gasteiger partial charge in [0.2, 0.25) is 0 Å². The maximum absolute atomic E-state index is 11.9. The number of esters is 2.